The summed E-state index contributed by atoms with van der Waals surface area (Å²) in [7, 11) is 0. The molecule has 2 rings (SSSR count). The van der Waals surface area contributed by atoms with Gasteiger partial charge in [0.15, 0.2) is 0 Å². The normalized spacial score (nSPS) is 17.9. The number of hydrogen-bond acceptors (Lipinski definition) is 2. The Morgan fingerprint density at radius 1 is 1.28 bits per heavy atom. The summed E-state index contributed by atoms with van der Waals surface area (Å²) < 4.78 is 13.9. The molecule has 1 aliphatic rings. The van der Waals surface area contributed by atoms with Crippen LogP contribution in [0.3, 0.4) is 0 Å². The number of benzene rings is 1. The molecule has 0 saturated heterocycles. The highest BCUT2D eigenvalue weighted by atomic mass is 32.1. The van der Waals surface area contributed by atoms with Crippen molar-refractivity contribution in [3.05, 3.63) is 30.1 Å². The van der Waals surface area contributed by atoms with Crippen molar-refractivity contribution in [1.82, 2.24) is 0 Å². The van der Waals surface area contributed by atoms with E-state index in [-0.39, 0.29) is 11.2 Å². The summed E-state index contributed by atoms with van der Waals surface area (Å²) in [6.45, 7) is 3.86. The first-order valence-electron chi connectivity index (χ1n) is 6.81. The zero-order chi connectivity index (χ0) is 13.0. The van der Waals surface area contributed by atoms with Crippen LogP contribution in [0.5, 0.6) is 0 Å². The number of anilines is 1. The zero-order valence-corrected chi connectivity index (χ0v) is 11.9. The Bertz CT molecular complexity index is 388. The van der Waals surface area contributed by atoms with Gasteiger partial charge in [-0.25, -0.2) is 4.39 Å². The third kappa shape index (κ3) is 2.82. The van der Waals surface area contributed by atoms with Gasteiger partial charge >= 0.3 is 0 Å². The Kier molecular flexibility index (Phi) is 4.55. The molecule has 1 aromatic carbocycles. The Balaban J connectivity index is 2.17. The number of halogens is 1. The molecule has 0 heterocycles. The summed E-state index contributed by atoms with van der Waals surface area (Å²) >= 11 is 4.53. The van der Waals surface area contributed by atoms with E-state index in [2.05, 4.69) is 24.5 Å². The predicted octanol–water partition coefficient (Wildman–Crippen LogP) is 4.14. The molecule has 1 fully saturated rings. The predicted molar refractivity (Wildman–Crippen MR) is 79.0 cm³/mol. The van der Waals surface area contributed by atoms with E-state index in [1.165, 1.54) is 25.7 Å². The van der Waals surface area contributed by atoms with E-state index < -0.39 is 0 Å². The van der Waals surface area contributed by atoms with Crippen LogP contribution in [0.2, 0.25) is 0 Å². The van der Waals surface area contributed by atoms with Crippen LogP contribution in [0.1, 0.15) is 32.6 Å². The van der Waals surface area contributed by atoms with Crippen molar-refractivity contribution in [3.63, 3.8) is 0 Å². The number of para-hydroxylation sites is 1. The number of thiol groups is 1. The zero-order valence-electron chi connectivity index (χ0n) is 11.0. The average Bonchev–Trinajstić information content (AvgIpc) is 2.86. The van der Waals surface area contributed by atoms with Crippen LogP contribution in [0.4, 0.5) is 10.1 Å². The largest absolute Gasteiger partial charge is 0.369 e. The highest BCUT2D eigenvalue weighted by Crippen LogP contribution is 2.40. The third-order valence-corrected chi connectivity index (χ3v) is 4.77. The van der Waals surface area contributed by atoms with Crippen LogP contribution < -0.4 is 4.90 Å². The SMILES string of the molecule is CCN(CC1(CS)CCCC1)c1ccccc1F. The standard InChI is InChI=1S/C15H22FNS/c1-2-17(14-8-4-3-7-13(14)16)11-15(12-18)9-5-6-10-15/h3-4,7-8,18H,2,5-6,9-12H2,1H3. The fourth-order valence-electron chi connectivity index (χ4n) is 2.97. The first kappa shape index (κ1) is 13.7. The first-order chi connectivity index (χ1) is 8.71. The molecule has 0 bridgehead atoms. The van der Waals surface area contributed by atoms with E-state index in [4.69, 9.17) is 0 Å². The molecule has 1 nitrogen and oxygen atoms in total. The highest BCUT2D eigenvalue weighted by molar-refractivity contribution is 7.80. The summed E-state index contributed by atoms with van der Waals surface area (Å²) in [6, 6.07) is 7.07. The molecule has 1 aliphatic carbocycles. The van der Waals surface area contributed by atoms with Gasteiger partial charge in [0.05, 0.1) is 5.69 Å². The molecule has 100 valence electrons. The molecular weight excluding hydrogens is 245 g/mol. The molecule has 0 amide bonds. The van der Waals surface area contributed by atoms with E-state index in [9.17, 15) is 4.39 Å². The molecule has 0 N–H and O–H groups in total. The molecule has 1 aromatic rings. The van der Waals surface area contributed by atoms with Crippen molar-refractivity contribution >= 4 is 18.3 Å². The van der Waals surface area contributed by atoms with Crippen molar-refractivity contribution in [2.45, 2.75) is 32.6 Å². The highest BCUT2D eigenvalue weighted by Gasteiger charge is 2.34. The van der Waals surface area contributed by atoms with Gasteiger partial charge in [0, 0.05) is 13.1 Å². The molecule has 0 unspecified atom stereocenters. The topological polar surface area (TPSA) is 3.24 Å². The smallest absolute Gasteiger partial charge is 0.146 e. The molecule has 0 aliphatic heterocycles. The average molecular weight is 267 g/mol. The van der Waals surface area contributed by atoms with Crippen LogP contribution in [0.15, 0.2) is 24.3 Å². The second kappa shape index (κ2) is 5.96. The Hall–Kier alpha value is -0.700. The molecule has 0 radical (unpaired) electrons. The van der Waals surface area contributed by atoms with E-state index >= 15 is 0 Å². The number of rotatable bonds is 5. The summed E-state index contributed by atoms with van der Waals surface area (Å²) in [5.74, 6) is 0.782. The lowest BCUT2D eigenvalue weighted by Crippen LogP contribution is -2.38. The minimum atomic E-state index is -0.119. The summed E-state index contributed by atoms with van der Waals surface area (Å²) in [5, 5.41) is 0. The van der Waals surface area contributed by atoms with Gasteiger partial charge in [-0.1, -0.05) is 25.0 Å². The maximum absolute atomic E-state index is 13.9. The van der Waals surface area contributed by atoms with Gasteiger partial charge in [0.25, 0.3) is 0 Å². The lowest BCUT2D eigenvalue weighted by Gasteiger charge is -2.35. The fraction of sp³-hybridized carbons (Fsp3) is 0.600. The fourth-order valence-corrected chi connectivity index (χ4v) is 3.39. The Morgan fingerprint density at radius 3 is 2.50 bits per heavy atom. The molecule has 1 saturated carbocycles. The summed E-state index contributed by atoms with van der Waals surface area (Å²) in [5.41, 5.74) is 1.01. The van der Waals surface area contributed by atoms with Gasteiger partial charge in [-0.05, 0) is 43.1 Å². The minimum absolute atomic E-state index is 0.119. The lowest BCUT2D eigenvalue weighted by molar-refractivity contribution is 0.348. The van der Waals surface area contributed by atoms with Crippen molar-refractivity contribution in [3.8, 4) is 0 Å². The van der Waals surface area contributed by atoms with E-state index in [1.54, 1.807) is 12.1 Å². The van der Waals surface area contributed by atoms with Crippen LogP contribution >= 0.6 is 12.6 Å². The van der Waals surface area contributed by atoms with E-state index in [0.717, 1.165) is 24.5 Å². The van der Waals surface area contributed by atoms with Gasteiger partial charge in [-0.3, -0.25) is 0 Å². The Morgan fingerprint density at radius 2 is 1.94 bits per heavy atom. The molecule has 0 aromatic heterocycles. The second-order valence-corrected chi connectivity index (χ2v) is 5.65. The monoisotopic (exact) mass is 267 g/mol. The van der Waals surface area contributed by atoms with Gasteiger partial charge in [0.1, 0.15) is 5.82 Å². The van der Waals surface area contributed by atoms with Gasteiger partial charge < -0.3 is 4.90 Å². The molecule has 3 heteroatoms. The maximum Gasteiger partial charge on any atom is 0.146 e. The quantitative estimate of drug-likeness (QED) is 0.785. The van der Waals surface area contributed by atoms with Gasteiger partial charge in [0.2, 0.25) is 0 Å². The van der Waals surface area contributed by atoms with E-state index in [1.807, 2.05) is 12.1 Å². The van der Waals surface area contributed by atoms with Crippen LogP contribution in [-0.4, -0.2) is 18.8 Å². The second-order valence-electron chi connectivity index (χ2n) is 5.33. The summed E-state index contributed by atoms with van der Waals surface area (Å²) in [6.07, 6.45) is 5.02. The third-order valence-electron chi connectivity index (χ3n) is 4.10. The van der Waals surface area contributed by atoms with Gasteiger partial charge in [-0.2, -0.15) is 12.6 Å². The molecular formula is C15H22FNS. The van der Waals surface area contributed by atoms with Crippen molar-refractivity contribution in [1.29, 1.82) is 0 Å². The maximum atomic E-state index is 13.9. The minimum Gasteiger partial charge on any atom is -0.369 e. The van der Waals surface area contributed by atoms with E-state index in [0.29, 0.717) is 0 Å². The number of hydrogen-bond donors (Lipinski definition) is 1. The molecule has 18 heavy (non-hydrogen) atoms. The van der Waals surface area contributed by atoms with Crippen molar-refractivity contribution in [2.75, 3.05) is 23.7 Å². The lowest BCUT2D eigenvalue weighted by atomic mass is 9.87. The first-order valence-corrected chi connectivity index (χ1v) is 7.44. The van der Waals surface area contributed by atoms with Crippen molar-refractivity contribution in [2.24, 2.45) is 5.41 Å². The molecule has 0 spiro atoms. The molecule has 0 atom stereocenters. The van der Waals surface area contributed by atoms with Crippen LogP contribution in [0, 0.1) is 11.2 Å². The van der Waals surface area contributed by atoms with Crippen LogP contribution in [-0.2, 0) is 0 Å². The summed E-state index contributed by atoms with van der Waals surface area (Å²) in [4.78, 5) is 2.16. The van der Waals surface area contributed by atoms with Gasteiger partial charge in [-0.15, -0.1) is 0 Å². The van der Waals surface area contributed by atoms with Crippen LogP contribution in [0.25, 0.3) is 0 Å². The van der Waals surface area contributed by atoms with Crippen molar-refractivity contribution < 1.29 is 4.39 Å². The number of nitrogens with zero attached hydrogens (tertiary/aromatic N) is 1. The Labute approximate surface area is 115 Å².